The van der Waals surface area contributed by atoms with Crippen molar-refractivity contribution in [2.75, 3.05) is 25.0 Å². The van der Waals surface area contributed by atoms with Gasteiger partial charge in [0.2, 0.25) is 9.74 Å². The summed E-state index contributed by atoms with van der Waals surface area (Å²) in [5, 5.41) is 3.45. The number of rotatable bonds is 5. The van der Waals surface area contributed by atoms with Crippen LogP contribution in [0.15, 0.2) is 24.3 Å². The molecule has 1 fully saturated rings. The molecule has 2 aromatic rings. The minimum Gasteiger partial charge on any atom is -0.351 e. The van der Waals surface area contributed by atoms with Gasteiger partial charge >= 0.3 is 0 Å². The lowest BCUT2D eigenvalue weighted by Gasteiger charge is -2.33. The molecule has 0 spiro atoms. The third kappa shape index (κ3) is 6.92. The Morgan fingerprint density at radius 2 is 1.61 bits per heavy atom. The molecule has 5 nitrogen and oxygen atoms in total. The van der Waals surface area contributed by atoms with E-state index in [1.807, 2.05) is 12.1 Å². The molecule has 1 aromatic carbocycles. The third-order valence-corrected chi connectivity index (χ3v) is 5.95. The molecular weight excluding hydrogens is 453 g/mol. The van der Waals surface area contributed by atoms with Crippen molar-refractivity contribution in [3.05, 3.63) is 35.7 Å². The molecule has 1 saturated heterocycles. The number of nitrogens with zero attached hydrogens (tertiary/aromatic N) is 4. The van der Waals surface area contributed by atoms with E-state index in [2.05, 4.69) is 71.9 Å². The summed E-state index contributed by atoms with van der Waals surface area (Å²) >= 11 is 18.4. The van der Waals surface area contributed by atoms with Crippen LogP contribution in [0.4, 0.5) is 5.95 Å². The highest BCUT2D eigenvalue weighted by Crippen LogP contribution is 2.37. The SMILES string of the molecule is CC(C)CN1CCC(Nc2nc(-c3ccc(C(C)(C)C)cc3)nc(C(Cl)(Cl)Cl)n2)CC1. The minimum atomic E-state index is -1.72. The van der Waals surface area contributed by atoms with E-state index in [4.69, 9.17) is 34.8 Å². The van der Waals surface area contributed by atoms with Crippen LogP contribution in [0.5, 0.6) is 0 Å². The fourth-order valence-corrected chi connectivity index (χ4v) is 4.03. The second kappa shape index (κ2) is 9.78. The first-order valence-electron chi connectivity index (χ1n) is 10.8. The molecule has 1 aromatic heterocycles. The van der Waals surface area contributed by atoms with Gasteiger partial charge in [0.25, 0.3) is 0 Å². The van der Waals surface area contributed by atoms with Crippen LogP contribution in [0.2, 0.25) is 0 Å². The van der Waals surface area contributed by atoms with Crippen molar-refractivity contribution >= 4 is 40.8 Å². The number of hydrogen-bond donors (Lipinski definition) is 1. The first-order chi connectivity index (χ1) is 14.4. The standard InChI is InChI=1S/C23H32Cl3N5/c1-15(2)14-31-12-10-18(11-13-31)27-21-29-19(28-20(30-21)23(24,25)26)16-6-8-17(9-7-16)22(3,4)5/h6-9,15,18H,10-14H2,1-5H3,(H,27,28,29,30). The summed E-state index contributed by atoms with van der Waals surface area (Å²) in [7, 11) is 0. The van der Waals surface area contributed by atoms with Crippen molar-refractivity contribution in [3.63, 3.8) is 0 Å². The molecule has 0 amide bonds. The molecule has 1 aliphatic heterocycles. The quantitative estimate of drug-likeness (QED) is 0.512. The number of aromatic nitrogens is 3. The Labute approximate surface area is 200 Å². The summed E-state index contributed by atoms with van der Waals surface area (Å²) in [5.74, 6) is 1.75. The van der Waals surface area contributed by atoms with Crippen molar-refractivity contribution in [2.24, 2.45) is 5.92 Å². The highest BCUT2D eigenvalue weighted by Gasteiger charge is 2.29. The topological polar surface area (TPSA) is 53.9 Å². The van der Waals surface area contributed by atoms with Crippen molar-refractivity contribution in [2.45, 2.75) is 62.7 Å². The normalized spacial score (nSPS) is 16.7. The smallest absolute Gasteiger partial charge is 0.250 e. The Kier molecular flexibility index (Phi) is 7.73. The molecule has 2 heterocycles. The van der Waals surface area contributed by atoms with Gasteiger partial charge in [-0.25, -0.2) is 4.98 Å². The van der Waals surface area contributed by atoms with E-state index in [0.717, 1.165) is 38.0 Å². The Bertz CT molecular complexity index is 864. The lowest BCUT2D eigenvalue weighted by molar-refractivity contribution is 0.197. The molecule has 1 aliphatic rings. The average Bonchev–Trinajstić information content (AvgIpc) is 2.68. The Hall–Kier alpha value is -1.14. The van der Waals surface area contributed by atoms with Gasteiger partial charge in [0.1, 0.15) is 0 Å². The molecule has 0 bridgehead atoms. The molecule has 1 N–H and O–H groups in total. The molecule has 0 saturated carbocycles. The van der Waals surface area contributed by atoms with E-state index >= 15 is 0 Å². The lowest BCUT2D eigenvalue weighted by Crippen LogP contribution is -2.41. The fraction of sp³-hybridized carbons (Fsp3) is 0.609. The van der Waals surface area contributed by atoms with Gasteiger partial charge in [-0.15, -0.1) is 0 Å². The Morgan fingerprint density at radius 1 is 1.00 bits per heavy atom. The summed E-state index contributed by atoms with van der Waals surface area (Å²) in [5.41, 5.74) is 2.16. The molecule has 0 radical (unpaired) electrons. The van der Waals surface area contributed by atoms with Crippen LogP contribution >= 0.6 is 34.8 Å². The summed E-state index contributed by atoms with van der Waals surface area (Å²) in [6, 6.07) is 8.47. The monoisotopic (exact) mass is 483 g/mol. The van der Waals surface area contributed by atoms with Crippen LogP contribution in [0.25, 0.3) is 11.4 Å². The lowest BCUT2D eigenvalue weighted by atomic mass is 9.87. The molecule has 8 heteroatoms. The van der Waals surface area contributed by atoms with Crippen LogP contribution in [-0.2, 0) is 9.21 Å². The van der Waals surface area contributed by atoms with Crippen LogP contribution in [0.1, 0.15) is 58.8 Å². The van der Waals surface area contributed by atoms with Crippen LogP contribution < -0.4 is 5.32 Å². The molecular formula is C23H32Cl3N5. The maximum atomic E-state index is 6.13. The number of benzene rings is 1. The number of anilines is 1. The van der Waals surface area contributed by atoms with E-state index in [1.54, 1.807) is 0 Å². The summed E-state index contributed by atoms with van der Waals surface area (Å²) in [4.78, 5) is 16.0. The first-order valence-corrected chi connectivity index (χ1v) is 12.0. The van der Waals surface area contributed by atoms with Gasteiger partial charge in [-0.2, -0.15) is 9.97 Å². The maximum Gasteiger partial charge on any atom is 0.250 e. The van der Waals surface area contributed by atoms with Gasteiger partial charge in [0.05, 0.1) is 0 Å². The Balaban J connectivity index is 1.81. The minimum absolute atomic E-state index is 0.0670. The summed E-state index contributed by atoms with van der Waals surface area (Å²) < 4.78 is -1.72. The number of piperidine rings is 1. The second-order valence-corrected chi connectivity index (χ2v) is 12.0. The summed E-state index contributed by atoms with van der Waals surface area (Å²) in [6.45, 7) is 14.3. The molecule has 0 aliphatic carbocycles. The first kappa shape index (κ1) is 24.5. The van der Waals surface area contributed by atoms with Crippen molar-refractivity contribution < 1.29 is 0 Å². The van der Waals surface area contributed by atoms with Crippen LogP contribution in [-0.4, -0.2) is 45.5 Å². The van der Waals surface area contributed by atoms with Gasteiger partial charge in [-0.3, -0.25) is 0 Å². The molecule has 170 valence electrons. The molecule has 31 heavy (non-hydrogen) atoms. The predicted octanol–water partition coefficient (Wildman–Crippen LogP) is 6.20. The van der Waals surface area contributed by atoms with Gasteiger partial charge in [0, 0.05) is 31.2 Å². The van der Waals surface area contributed by atoms with Gasteiger partial charge in [0.15, 0.2) is 11.6 Å². The number of likely N-dealkylation sites (tertiary alicyclic amines) is 1. The average molecular weight is 485 g/mol. The molecule has 0 atom stereocenters. The fourth-order valence-electron chi connectivity index (χ4n) is 3.77. The van der Waals surface area contributed by atoms with Crippen molar-refractivity contribution in [1.29, 1.82) is 0 Å². The van der Waals surface area contributed by atoms with Gasteiger partial charge in [-0.05, 0) is 29.7 Å². The largest absolute Gasteiger partial charge is 0.351 e. The highest BCUT2D eigenvalue weighted by molar-refractivity contribution is 6.66. The summed E-state index contributed by atoms with van der Waals surface area (Å²) in [6.07, 6.45) is 2.05. The zero-order valence-corrected chi connectivity index (χ0v) is 21.2. The van der Waals surface area contributed by atoms with Gasteiger partial charge in [-0.1, -0.05) is 93.7 Å². The van der Waals surface area contributed by atoms with Gasteiger partial charge < -0.3 is 10.2 Å². The molecule has 0 unspecified atom stereocenters. The second-order valence-electron chi connectivity index (χ2n) is 9.74. The predicted molar refractivity (Wildman–Crippen MR) is 131 cm³/mol. The number of halogens is 3. The van der Waals surface area contributed by atoms with E-state index in [0.29, 0.717) is 17.7 Å². The van der Waals surface area contributed by atoms with Crippen LogP contribution in [0.3, 0.4) is 0 Å². The van der Waals surface area contributed by atoms with Crippen LogP contribution in [0, 0.1) is 5.92 Å². The third-order valence-electron chi connectivity index (χ3n) is 5.44. The zero-order valence-electron chi connectivity index (χ0n) is 18.9. The zero-order chi connectivity index (χ0) is 22.8. The van der Waals surface area contributed by atoms with E-state index < -0.39 is 3.79 Å². The number of hydrogen-bond acceptors (Lipinski definition) is 5. The van der Waals surface area contributed by atoms with E-state index in [-0.39, 0.29) is 17.3 Å². The Morgan fingerprint density at radius 3 is 2.13 bits per heavy atom. The maximum absolute atomic E-state index is 6.13. The van der Waals surface area contributed by atoms with Crippen molar-refractivity contribution in [1.82, 2.24) is 19.9 Å². The van der Waals surface area contributed by atoms with E-state index in [1.165, 1.54) is 5.56 Å². The number of alkyl halides is 3. The highest BCUT2D eigenvalue weighted by atomic mass is 35.6. The van der Waals surface area contributed by atoms with Crippen molar-refractivity contribution in [3.8, 4) is 11.4 Å². The molecule has 3 rings (SSSR count). The van der Waals surface area contributed by atoms with E-state index in [9.17, 15) is 0 Å². The number of nitrogens with one attached hydrogen (secondary N) is 1.